The lowest BCUT2D eigenvalue weighted by atomic mass is 9.89. The van der Waals surface area contributed by atoms with Crippen molar-refractivity contribution in [2.45, 2.75) is 12.5 Å². The Morgan fingerprint density at radius 2 is 1.73 bits per heavy atom. The van der Waals surface area contributed by atoms with Crippen LogP contribution in [0.25, 0.3) is 0 Å². The van der Waals surface area contributed by atoms with Gasteiger partial charge in [0.1, 0.15) is 0 Å². The van der Waals surface area contributed by atoms with Crippen LogP contribution in [-0.4, -0.2) is 20.8 Å². The monoisotopic (exact) mass is 337 g/mol. The van der Waals surface area contributed by atoms with Gasteiger partial charge in [0.15, 0.2) is 11.5 Å². The molecule has 0 aromatic heterocycles. The highest BCUT2D eigenvalue weighted by Gasteiger charge is 2.25. The van der Waals surface area contributed by atoms with E-state index in [1.807, 2.05) is 24.3 Å². The van der Waals surface area contributed by atoms with Gasteiger partial charge in [0.2, 0.25) is 0 Å². The average Bonchev–Trinajstić information content (AvgIpc) is 2.55. The second-order valence-corrected chi connectivity index (χ2v) is 6.05. The van der Waals surface area contributed by atoms with Crippen molar-refractivity contribution in [3.8, 4) is 11.5 Å². The smallest absolute Gasteiger partial charge is 0.161 e. The van der Waals surface area contributed by atoms with E-state index in [1.165, 1.54) is 5.56 Å². The van der Waals surface area contributed by atoms with Gasteiger partial charge < -0.3 is 14.8 Å². The number of ether oxygens (including phenoxy) is 2. The number of nitrogens with one attached hydrogen (secondary N) is 1. The molecule has 0 saturated carbocycles. The fourth-order valence-electron chi connectivity index (χ4n) is 2.90. The maximum absolute atomic E-state index is 6.37. The van der Waals surface area contributed by atoms with E-state index in [0.717, 1.165) is 29.8 Å². The molecule has 0 spiro atoms. The van der Waals surface area contributed by atoms with E-state index in [-0.39, 0.29) is 6.04 Å². The molecule has 3 nitrogen and oxygen atoms in total. The zero-order valence-electron chi connectivity index (χ0n) is 12.5. The Morgan fingerprint density at radius 1 is 1.00 bits per heavy atom. The van der Waals surface area contributed by atoms with E-state index >= 15 is 0 Å². The summed E-state index contributed by atoms with van der Waals surface area (Å²) in [5.41, 5.74) is 3.35. The first-order valence-corrected chi connectivity index (χ1v) is 7.82. The highest BCUT2D eigenvalue weighted by molar-refractivity contribution is 6.33. The molecule has 1 heterocycles. The van der Waals surface area contributed by atoms with Crippen LogP contribution in [0.5, 0.6) is 11.5 Å². The maximum Gasteiger partial charge on any atom is 0.161 e. The Balaban J connectivity index is 2.13. The van der Waals surface area contributed by atoms with Crippen LogP contribution in [0.4, 0.5) is 0 Å². The number of benzene rings is 2. The fraction of sp³-hybridized carbons (Fsp3) is 0.294. The van der Waals surface area contributed by atoms with Gasteiger partial charge >= 0.3 is 0 Å². The highest BCUT2D eigenvalue weighted by Crippen LogP contribution is 2.39. The first-order chi connectivity index (χ1) is 10.6. The minimum atomic E-state index is -0.00486. The third-order valence-electron chi connectivity index (χ3n) is 3.97. The fourth-order valence-corrected chi connectivity index (χ4v) is 3.30. The van der Waals surface area contributed by atoms with Crippen LogP contribution in [0, 0.1) is 0 Å². The predicted molar refractivity (Wildman–Crippen MR) is 89.6 cm³/mol. The van der Waals surface area contributed by atoms with Crippen LogP contribution in [0.1, 0.15) is 22.7 Å². The third-order valence-corrected chi connectivity index (χ3v) is 4.55. The standard InChI is InChI=1S/C17H17Cl2NO2/c1-21-15-7-10-5-6-20-17(12(10)9-16(15)22-2)13-8-11(18)3-4-14(13)19/h3-4,7-9,17,20H,5-6H2,1-2H3. The van der Waals surface area contributed by atoms with Crippen LogP contribution in [-0.2, 0) is 6.42 Å². The summed E-state index contributed by atoms with van der Waals surface area (Å²) in [5, 5.41) is 4.88. The van der Waals surface area contributed by atoms with Crippen LogP contribution in [0.3, 0.4) is 0 Å². The van der Waals surface area contributed by atoms with E-state index in [9.17, 15) is 0 Å². The molecule has 0 bridgehead atoms. The normalized spacial score (nSPS) is 17.0. The lowest BCUT2D eigenvalue weighted by Gasteiger charge is -2.29. The molecule has 22 heavy (non-hydrogen) atoms. The number of fused-ring (bicyclic) bond motifs is 1. The molecule has 1 unspecified atom stereocenters. The van der Waals surface area contributed by atoms with Crippen molar-refractivity contribution >= 4 is 23.2 Å². The van der Waals surface area contributed by atoms with Crippen molar-refractivity contribution < 1.29 is 9.47 Å². The molecule has 5 heteroatoms. The van der Waals surface area contributed by atoms with Crippen molar-refractivity contribution in [2.75, 3.05) is 20.8 Å². The number of halogens is 2. The Hall–Kier alpha value is -1.42. The second kappa shape index (κ2) is 6.37. The topological polar surface area (TPSA) is 30.5 Å². The van der Waals surface area contributed by atoms with Crippen molar-refractivity contribution in [1.82, 2.24) is 5.32 Å². The summed E-state index contributed by atoms with van der Waals surface area (Å²) in [6, 6.07) is 9.59. The van der Waals surface area contributed by atoms with Crippen molar-refractivity contribution in [1.29, 1.82) is 0 Å². The van der Waals surface area contributed by atoms with Crippen molar-refractivity contribution in [3.05, 3.63) is 57.1 Å². The summed E-state index contributed by atoms with van der Waals surface area (Å²) >= 11 is 12.5. The summed E-state index contributed by atoms with van der Waals surface area (Å²) in [7, 11) is 3.29. The molecule has 1 aliphatic rings. The first-order valence-electron chi connectivity index (χ1n) is 7.07. The summed E-state index contributed by atoms with van der Waals surface area (Å²) in [6.45, 7) is 0.871. The molecule has 2 aromatic rings. The van der Waals surface area contributed by atoms with Gasteiger partial charge in [-0.15, -0.1) is 0 Å². The Morgan fingerprint density at radius 3 is 2.45 bits per heavy atom. The zero-order valence-corrected chi connectivity index (χ0v) is 14.0. The van der Waals surface area contributed by atoms with Gasteiger partial charge in [-0.1, -0.05) is 23.2 Å². The van der Waals surface area contributed by atoms with Crippen molar-refractivity contribution in [2.24, 2.45) is 0 Å². The van der Waals surface area contributed by atoms with Crippen LogP contribution in [0.15, 0.2) is 30.3 Å². The van der Waals surface area contributed by atoms with Gasteiger partial charge in [0.05, 0.1) is 20.3 Å². The quantitative estimate of drug-likeness (QED) is 0.908. The minimum Gasteiger partial charge on any atom is -0.493 e. The van der Waals surface area contributed by atoms with Crippen molar-refractivity contribution in [3.63, 3.8) is 0 Å². The first kappa shape index (κ1) is 15.5. The largest absolute Gasteiger partial charge is 0.493 e. The van der Waals surface area contributed by atoms with Crippen LogP contribution >= 0.6 is 23.2 Å². The molecule has 1 atom stereocenters. The molecule has 0 amide bonds. The SMILES string of the molecule is COc1cc2c(cc1OC)C(c1cc(Cl)ccc1Cl)NCC2. The van der Waals surface area contributed by atoms with E-state index in [2.05, 4.69) is 5.32 Å². The highest BCUT2D eigenvalue weighted by atomic mass is 35.5. The summed E-state index contributed by atoms with van der Waals surface area (Å²) < 4.78 is 10.8. The molecule has 0 radical (unpaired) electrons. The molecule has 0 saturated heterocycles. The summed E-state index contributed by atoms with van der Waals surface area (Å²) in [5.74, 6) is 1.46. The predicted octanol–water partition coefficient (Wildman–Crippen LogP) is 4.25. The van der Waals surface area contributed by atoms with E-state index < -0.39 is 0 Å². The summed E-state index contributed by atoms with van der Waals surface area (Å²) in [4.78, 5) is 0. The van der Waals surface area contributed by atoms with Gasteiger partial charge in [-0.2, -0.15) is 0 Å². The van der Waals surface area contributed by atoms with Gasteiger partial charge in [0.25, 0.3) is 0 Å². The molecule has 2 aromatic carbocycles. The zero-order chi connectivity index (χ0) is 15.7. The molecular weight excluding hydrogens is 321 g/mol. The van der Waals surface area contributed by atoms with Crippen LogP contribution in [0.2, 0.25) is 10.0 Å². The van der Waals surface area contributed by atoms with Gasteiger partial charge in [0, 0.05) is 16.6 Å². The lowest BCUT2D eigenvalue weighted by Crippen LogP contribution is -2.30. The lowest BCUT2D eigenvalue weighted by molar-refractivity contribution is 0.353. The molecule has 1 aliphatic heterocycles. The Kier molecular flexibility index (Phi) is 4.48. The molecular formula is C17H17Cl2NO2. The third kappa shape index (κ3) is 2.76. The molecule has 0 aliphatic carbocycles. The number of methoxy groups -OCH3 is 2. The number of hydrogen-bond acceptors (Lipinski definition) is 3. The minimum absolute atomic E-state index is 0.00486. The Labute approximate surface area is 140 Å². The maximum atomic E-state index is 6.37. The Bertz CT molecular complexity index is 703. The molecule has 0 fully saturated rings. The second-order valence-electron chi connectivity index (χ2n) is 5.21. The van der Waals surface area contributed by atoms with Gasteiger partial charge in [-0.05, 0) is 53.4 Å². The van der Waals surface area contributed by atoms with E-state index in [1.54, 1.807) is 20.3 Å². The van der Waals surface area contributed by atoms with E-state index in [0.29, 0.717) is 15.8 Å². The van der Waals surface area contributed by atoms with E-state index in [4.69, 9.17) is 32.7 Å². The van der Waals surface area contributed by atoms with Crippen LogP contribution < -0.4 is 14.8 Å². The molecule has 116 valence electrons. The van der Waals surface area contributed by atoms with Gasteiger partial charge in [-0.3, -0.25) is 0 Å². The number of hydrogen-bond donors (Lipinski definition) is 1. The summed E-state index contributed by atoms with van der Waals surface area (Å²) in [6.07, 6.45) is 0.935. The number of rotatable bonds is 3. The van der Waals surface area contributed by atoms with Gasteiger partial charge in [-0.25, -0.2) is 0 Å². The average molecular weight is 338 g/mol. The molecule has 1 N–H and O–H groups in total. The molecule has 3 rings (SSSR count).